The Morgan fingerprint density at radius 2 is 2.19 bits per heavy atom. The first-order valence-electron chi connectivity index (χ1n) is 7.83. The molecular weight excluding hydrogens is 264 g/mol. The lowest BCUT2D eigenvalue weighted by atomic mass is 9.86. The van der Waals surface area contributed by atoms with Crippen molar-refractivity contribution in [2.75, 3.05) is 51.9 Å². The van der Waals surface area contributed by atoms with E-state index in [0.29, 0.717) is 0 Å². The van der Waals surface area contributed by atoms with Crippen LogP contribution < -0.4 is 15.0 Å². The van der Waals surface area contributed by atoms with Crippen LogP contribution in [0.3, 0.4) is 0 Å². The van der Waals surface area contributed by atoms with E-state index in [4.69, 9.17) is 9.47 Å². The zero-order valence-electron chi connectivity index (χ0n) is 13.5. The van der Waals surface area contributed by atoms with Gasteiger partial charge >= 0.3 is 0 Å². The predicted octanol–water partition coefficient (Wildman–Crippen LogP) is 2.54. The van der Waals surface area contributed by atoms with Crippen molar-refractivity contribution in [2.24, 2.45) is 5.41 Å². The smallest absolute Gasteiger partial charge is 0.142 e. The van der Waals surface area contributed by atoms with E-state index < -0.39 is 0 Å². The zero-order valence-corrected chi connectivity index (χ0v) is 13.5. The lowest BCUT2D eigenvalue weighted by Crippen LogP contribution is -2.44. The molecule has 1 unspecified atom stereocenters. The van der Waals surface area contributed by atoms with Crippen LogP contribution in [0, 0.1) is 5.41 Å². The molecule has 2 rings (SSSR count). The molecule has 0 bridgehead atoms. The van der Waals surface area contributed by atoms with Crippen molar-refractivity contribution >= 4 is 5.69 Å². The van der Waals surface area contributed by atoms with Gasteiger partial charge in [0.15, 0.2) is 0 Å². The molecule has 0 saturated carbocycles. The van der Waals surface area contributed by atoms with Gasteiger partial charge in [-0.1, -0.05) is 19.1 Å². The van der Waals surface area contributed by atoms with Crippen LogP contribution >= 0.6 is 0 Å². The van der Waals surface area contributed by atoms with Crippen molar-refractivity contribution in [3.8, 4) is 5.75 Å². The molecule has 1 saturated heterocycles. The maximum Gasteiger partial charge on any atom is 0.142 e. The molecule has 0 aliphatic carbocycles. The molecule has 1 aromatic carbocycles. The first-order chi connectivity index (χ1) is 10.2. The average Bonchev–Trinajstić information content (AvgIpc) is 2.96. The predicted molar refractivity (Wildman–Crippen MR) is 87.3 cm³/mol. The molecule has 4 heteroatoms. The van der Waals surface area contributed by atoms with Gasteiger partial charge in [-0.15, -0.1) is 0 Å². The Labute approximate surface area is 128 Å². The fraction of sp³-hybridized carbons (Fsp3) is 0.647. The van der Waals surface area contributed by atoms with Gasteiger partial charge < -0.3 is 19.7 Å². The minimum Gasteiger partial charge on any atom is -0.495 e. The van der Waals surface area contributed by atoms with Gasteiger partial charge in [-0.05, 0) is 31.5 Å². The molecule has 4 nitrogen and oxygen atoms in total. The molecule has 1 fully saturated rings. The molecule has 0 spiro atoms. The number of rotatable bonds is 8. The van der Waals surface area contributed by atoms with Crippen molar-refractivity contribution in [1.82, 2.24) is 5.32 Å². The molecule has 21 heavy (non-hydrogen) atoms. The summed E-state index contributed by atoms with van der Waals surface area (Å²) in [5.74, 6) is 0.926. The van der Waals surface area contributed by atoms with Crippen molar-refractivity contribution in [1.29, 1.82) is 0 Å². The fourth-order valence-corrected chi connectivity index (χ4v) is 3.03. The highest BCUT2D eigenvalue weighted by Gasteiger charge is 2.36. The summed E-state index contributed by atoms with van der Waals surface area (Å²) in [6.45, 7) is 6.97. The topological polar surface area (TPSA) is 33.7 Å². The first kappa shape index (κ1) is 16.1. The summed E-state index contributed by atoms with van der Waals surface area (Å²) < 4.78 is 11.2. The fourth-order valence-electron chi connectivity index (χ4n) is 3.03. The van der Waals surface area contributed by atoms with Gasteiger partial charge in [0.25, 0.3) is 0 Å². The molecule has 1 heterocycles. The Hall–Kier alpha value is -1.26. The van der Waals surface area contributed by atoms with Crippen molar-refractivity contribution in [2.45, 2.75) is 19.8 Å². The summed E-state index contributed by atoms with van der Waals surface area (Å²) in [7, 11) is 3.86. The molecule has 1 N–H and O–H groups in total. The maximum atomic E-state index is 5.69. The minimum atomic E-state index is 0.199. The highest BCUT2D eigenvalue weighted by Crippen LogP contribution is 2.33. The van der Waals surface area contributed by atoms with E-state index in [1.54, 1.807) is 7.11 Å². The highest BCUT2D eigenvalue weighted by atomic mass is 16.5. The SMILES string of the molecule is CCCNCC1(CN(C)c2ccccc2OC)CCOC1. The van der Waals surface area contributed by atoms with E-state index in [0.717, 1.165) is 50.7 Å². The van der Waals surface area contributed by atoms with Crippen LogP contribution in [0.25, 0.3) is 0 Å². The number of benzene rings is 1. The van der Waals surface area contributed by atoms with E-state index in [1.807, 2.05) is 12.1 Å². The number of hydrogen-bond donors (Lipinski definition) is 1. The van der Waals surface area contributed by atoms with E-state index in [9.17, 15) is 0 Å². The number of methoxy groups -OCH3 is 1. The second-order valence-electron chi connectivity index (χ2n) is 6.01. The zero-order chi connectivity index (χ0) is 15.1. The summed E-state index contributed by atoms with van der Waals surface area (Å²) in [5, 5.41) is 3.57. The van der Waals surface area contributed by atoms with Crippen LogP contribution in [-0.2, 0) is 4.74 Å². The number of hydrogen-bond acceptors (Lipinski definition) is 4. The normalized spacial score (nSPS) is 21.5. The third-order valence-corrected chi connectivity index (χ3v) is 4.18. The largest absolute Gasteiger partial charge is 0.495 e. The quantitative estimate of drug-likeness (QED) is 0.747. The molecule has 118 valence electrons. The standard InChI is InChI=1S/C17H28N2O2/c1-4-10-18-12-17(9-11-21-14-17)13-19(2)15-7-5-6-8-16(15)20-3/h5-8,18H,4,9-14H2,1-3H3. The second kappa shape index (κ2) is 7.66. The van der Waals surface area contributed by atoms with Crippen LogP contribution in [0.2, 0.25) is 0 Å². The van der Waals surface area contributed by atoms with Gasteiger partial charge in [-0.2, -0.15) is 0 Å². The summed E-state index contributed by atoms with van der Waals surface area (Å²) >= 11 is 0. The van der Waals surface area contributed by atoms with Crippen molar-refractivity contribution < 1.29 is 9.47 Å². The Balaban J connectivity index is 2.05. The third-order valence-electron chi connectivity index (χ3n) is 4.18. The van der Waals surface area contributed by atoms with Crippen molar-refractivity contribution in [3.05, 3.63) is 24.3 Å². The molecule has 0 aromatic heterocycles. The number of anilines is 1. The third kappa shape index (κ3) is 4.11. The molecule has 1 atom stereocenters. The molecule has 1 aromatic rings. The van der Waals surface area contributed by atoms with Gasteiger partial charge in [0.2, 0.25) is 0 Å². The van der Waals surface area contributed by atoms with Gasteiger partial charge in [0.1, 0.15) is 5.75 Å². The van der Waals surface area contributed by atoms with E-state index in [2.05, 4.69) is 36.3 Å². The first-order valence-corrected chi connectivity index (χ1v) is 7.83. The van der Waals surface area contributed by atoms with Crippen LogP contribution in [0.4, 0.5) is 5.69 Å². The van der Waals surface area contributed by atoms with Crippen LogP contribution in [0.5, 0.6) is 5.75 Å². The van der Waals surface area contributed by atoms with Crippen LogP contribution in [0.15, 0.2) is 24.3 Å². The van der Waals surface area contributed by atoms with Gasteiger partial charge in [0.05, 0.1) is 19.4 Å². The summed E-state index contributed by atoms with van der Waals surface area (Å²) in [6, 6.07) is 8.19. The number of nitrogens with zero attached hydrogens (tertiary/aromatic N) is 1. The summed E-state index contributed by atoms with van der Waals surface area (Å²) in [6.07, 6.45) is 2.28. The average molecular weight is 292 g/mol. The molecular formula is C17H28N2O2. The molecule has 1 aliphatic heterocycles. The molecule has 0 amide bonds. The van der Waals surface area contributed by atoms with Gasteiger partial charge in [-0.25, -0.2) is 0 Å². The van der Waals surface area contributed by atoms with Crippen molar-refractivity contribution in [3.63, 3.8) is 0 Å². The maximum absolute atomic E-state index is 5.69. The second-order valence-corrected chi connectivity index (χ2v) is 6.01. The summed E-state index contributed by atoms with van der Waals surface area (Å²) in [5.41, 5.74) is 1.34. The van der Waals surface area contributed by atoms with E-state index >= 15 is 0 Å². The monoisotopic (exact) mass is 292 g/mol. The van der Waals surface area contributed by atoms with Gasteiger partial charge in [0, 0.05) is 32.2 Å². The van der Waals surface area contributed by atoms with Crippen LogP contribution in [-0.4, -0.2) is 47.0 Å². The highest BCUT2D eigenvalue weighted by molar-refractivity contribution is 5.58. The molecule has 0 radical (unpaired) electrons. The number of nitrogens with one attached hydrogen (secondary N) is 1. The number of para-hydroxylation sites is 2. The van der Waals surface area contributed by atoms with Crippen LogP contribution in [0.1, 0.15) is 19.8 Å². The molecule has 1 aliphatic rings. The Kier molecular flexibility index (Phi) is 5.88. The Morgan fingerprint density at radius 3 is 2.86 bits per heavy atom. The van der Waals surface area contributed by atoms with Gasteiger partial charge in [-0.3, -0.25) is 0 Å². The lowest BCUT2D eigenvalue weighted by Gasteiger charge is -2.34. The minimum absolute atomic E-state index is 0.199. The Morgan fingerprint density at radius 1 is 1.38 bits per heavy atom. The van der Waals surface area contributed by atoms with E-state index in [-0.39, 0.29) is 5.41 Å². The van der Waals surface area contributed by atoms with E-state index in [1.165, 1.54) is 6.42 Å². The lowest BCUT2D eigenvalue weighted by molar-refractivity contribution is 0.152. The summed E-state index contributed by atoms with van der Waals surface area (Å²) in [4.78, 5) is 2.29. The Bertz CT molecular complexity index is 431. The number of ether oxygens (including phenoxy) is 2.